The number of carboxylic acid groups (broad SMARTS) is 1. The van der Waals surface area contributed by atoms with Crippen LogP contribution in [0, 0.1) is 5.92 Å². The fourth-order valence-corrected chi connectivity index (χ4v) is 5.57. The summed E-state index contributed by atoms with van der Waals surface area (Å²) in [4.78, 5) is 52.3. The molecule has 0 unspecified atom stereocenters. The van der Waals surface area contributed by atoms with Crippen LogP contribution in [-0.2, 0) is 16.6 Å². The zero-order valence-electron chi connectivity index (χ0n) is 17.2. The molecule has 4 N–H and O–H groups in total. The van der Waals surface area contributed by atoms with Gasteiger partial charge in [0.2, 0.25) is 11.1 Å². The highest BCUT2D eigenvalue weighted by Crippen LogP contribution is 2.50. The summed E-state index contributed by atoms with van der Waals surface area (Å²) >= 11 is 1.10. The number of tetrazole rings is 1. The highest BCUT2D eigenvalue weighted by Gasteiger charge is 2.64. The van der Waals surface area contributed by atoms with Gasteiger partial charge >= 0.3 is 12.0 Å². The molecule has 0 spiro atoms. The van der Waals surface area contributed by atoms with Gasteiger partial charge in [0.15, 0.2) is 0 Å². The number of thioether (sulfide) groups is 1. The maximum Gasteiger partial charge on any atom is 0.353 e. The number of carbonyl (C=O) groups excluding carboxylic acids is 3. The van der Waals surface area contributed by atoms with E-state index in [0.29, 0.717) is 27.7 Å². The second-order valence-electron chi connectivity index (χ2n) is 7.90. The van der Waals surface area contributed by atoms with Crippen LogP contribution in [0.2, 0.25) is 0 Å². The summed E-state index contributed by atoms with van der Waals surface area (Å²) < 4.78 is 1.42. The van der Waals surface area contributed by atoms with Crippen molar-refractivity contribution in [3.05, 3.63) is 40.4 Å². The second-order valence-corrected chi connectivity index (χ2v) is 8.96. The summed E-state index contributed by atoms with van der Waals surface area (Å²) in [6, 6.07) is 4.48. The molecule has 4 amide bonds. The molecular weight excluding hydrogens is 452 g/mol. The number of aryl methyl sites for hydroxylation is 1. The smallest absolute Gasteiger partial charge is 0.353 e. The van der Waals surface area contributed by atoms with Gasteiger partial charge in [-0.25, -0.2) is 14.3 Å². The Hall–Kier alpha value is -3.94. The van der Waals surface area contributed by atoms with E-state index >= 15 is 0 Å². The van der Waals surface area contributed by atoms with E-state index < -0.39 is 35.9 Å². The quantitative estimate of drug-likeness (QED) is 0.501. The molecule has 170 valence electrons. The molecule has 0 radical (unpaired) electrons. The van der Waals surface area contributed by atoms with Crippen LogP contribution in [0.25, 0.3) is 0 Å². The van der Waals surface area contributed by atoms with Gasteiger partial charge in [-0.15, -0.1) is 5.10 Å². The third kappa shape index (κ3) is 3.29. The molecule has 1 aromatic heterocycles. The summed E-state index contributed by atoms with van der Waals surface area (Å²) in [5.74, 6) is -2.35. The van der Waals surface area contributed by atoms with Crippen molar-refractivity contribution in [2.75, 3.05) is 11.9 Å². The molecule has 3 aliphatic rings. The van der Waals surface area contributed by atoms with Gasteiger partial charge in [-0.2, -0.15) is 0 Å². The van der Waals surface area contributed by atoms with E-state index in [1.807, 2.05) is 0 Å². The number of anilines is 1. The van der Waals surface area contributed by atoms with Gasteiger partial charge in [0.1, 0.15) is 11.7 Å². The molecule has 14 heteroatoms. The molecule has 3 atom stereocenters. The predicted octanol–water partition coefficient (Wildman–Crippen LogP) is -0.156. The Morgan fingerprint density at radius 2 is 1.97 bits per heavy atom. The first kappa shape index (κ1) is 20.9. The molecule has 13 nitrogen and oxygen atoms in total. The average molecular weight is 470 g/mol. The van der Waals surface area contributed by atoms with Crippen molar-refractivity contribution < 1.29 is 24.3 Å². The number of primary amides is 1. The van der Waals surface area contributed by atoms with Crippen molar-refractivity contribution >= 4 is 41.3 Å². The molecule has 3 aliphatic heterocycles. The largest absolute Gasteiger partial charge is 0.477 e. The van der Waals surface area contributed by atoms with Gasteiger partial charge < -0.3 is 21.1 Å². The second kappa shape index (κ2) is 7.58. The van der Waals surface area contributed by atoms with E-state index in [-0.39, 0.29) is 18.2 Å². The standard InChI is InChI=1S/C19H18N8O5S/c1-25-19(22-23-24-25)33-11-6-9-7-26(14-12(9)27(16(14)29)13(11)17(30)31)18(32)21-10-4-2-8(3-5-10)15(20)28/h2-5,9,12,14H,6-7H2,1H3,(H2,20,28)(H,21,32)(H,30,31)/t9-,12-,14+/m1/s1. The SMILES string of the molecule is Cn1nnnc1SC1=C(C(=O)O)N2C(=O)[C@@H]3[C@H]2[C@H](C1)CN3C(=O)Nc1ccc(C(N)=O)cc1. The number of benzene rings is 1. The summed E-state index contributed by atoms with van der Waals surface area (Å²) in [5, 5.41) is 24.1. The number of carboxylic acids is 1. The highest BCUT2D eigenvalue weighted by atomic mass is 32.2. The van der Waals surface area contributed by atoms with Crippen LogP contribution >= 0.6 is 11.8 Å². The number of hydrogen-bond acceptors (Lipinski definition) is 8. The minimum absolute atomic E-state index is 0.0881. The van der Waals surface area contributed by atoms with Crippen LogP contribution in [0.4, 0.5) is 10.5 Å². The Balaban J connectivity index is 1.37. The van der Waals surface area contributed by atoms with E-state index in [1.165, 1.54) is 26.6 Å². The molecule has 2 aromatic rings. The van der Waals surface area contributed by atoms with Crippen LogP contribution in [0.15, 0.2) is 40.0 Å². The Morgan fingerprint density at radius 1 is 1.24 bits per heavy atom. The summed E-state index contributed by atoms with van der Waals surface area (Å²) in [7, 11) is 1.64. The number of nitrogens with two attached hydrogens (primary N) is 1. The van der Waals surface area contributed by atoms with Crippen molar-refractivity contribution in [1.29, 1.82) is 0 Å². The molecule has 5 rings (SSSR count). The number of urea groups is 1. The normalized spacial score (nSPS) is 23.3. The number of hydrogen-bond donors (Lipinski definition) is 3. The molecule has 4 heterocycles. The molecule has 2 saturated heterocycles. The maximum atomic E-state index is 13.0. The van der Waals surface area contributed by atoms with E-state index in [1.54, 1.807) is 19.2 Å². The topological polar surface area (TPSA) is 177 Å². The summed E-state index contributed by atoms with van der Waals surface area (Å²) in [6.07, 6.45) is 0.376. The first-order chi connectivity index (χ1) is 15.8. The summed E-state index contributed by atoms with van der Waals surface area (Å²) in [5.41, 5.74) is 5.89. The molecule has 0 bridgehead atoms. The number of likely N-dealkylation sites (tertiary alicyclic amines) is 1. The number of aromatic nitrogens is 4. The molecule has 2 fully saturated rings. The van der Waals surface area contributed by atoms with E-state index in [9.17, 15) is 24.3 Å². The fourth-order valence-electron chi connectivity index (χ4n) is 4.52. The lowest BCUT2D eigenvalue weighted by Gasteiger charge is -2.49. The molecule has 0 aliphatic carbocycles. The van der Waals surface area contributed by atoms with Gasteiger partial charge in [0.05, 0.1) is 6.04 Å². The molecule has 0 saturated carbocycles. The van der Waals surface area contributed by atoms with Gasteiger partial charge in [-0.1, -0.05) is 11.8 Å². The van der Waals surface area contributed by atoms with E-state index in [2.05, 4.69) is 20.8 Å². The zero-order valence-corrected chi connectivity index (χ0v) is 18.0. The first-order valence-corrected chi connectivity index (χ1v) is 10.7. The number of aliphatic carboxylic acids is 1. The van der Waals surface area contributed by atoms with Gasteiger partial charge in [-0.3, -0.25) is 14.5 Å². The van der Waals surface area contributed by atoms with Crippen LogP contribution in [0.1, 0.15) is 16.8 Å². The lowest BCUT2D eigenvalue weighted by atomic mass is 9.82. The zero-order chi connectivity index (χ0) is 23.4. The predicted molar refractivity (Wildman–Crippen MR) is 113 cm³/mol. The number of amides is 4. The number of nitrogens with zero attached hydrogens (tertiary/aromatic N) is 6. The van der Waals surface area contributed by atoms with Crippen molar-refractivity contribution in [3.63, 3.8) is 0 Å². The number of β-lactam (4-membered cyclic amide) rings is 1. The van der Waals surface area contributed by atoms with Crippen molar-refractivity contribution in [3.8, 4) is 0 Å². The number of allylic oxidation sites excluding steroid dienone is 1. The average Bonchev–Trinajstić information content (AvgIpc) is 3.34. The number of nitrogens with one attached hydrogen (secondary N) is 1. The number of carbonyl (C=O) groups is 4. The third-order valence-corrected chi connectivity index (χ3v) is 7.13. The fraction of sp³-hybridized carbons (Fsp3) is 0.316. The highest BCUT2D eigenvalue weighted by molar-refractivity contribution is 8.03. The first-order valence-electron chi connectivity index (χ1n) is 9.93. The Bertz CT molecular complexity index is 1230. The lowest BCUT2D eigenvalue weighted by Crippen LogP contribution is -2.69. The van der Waals surface area contributed by atoms with Crippen LogP contribution < -0.4 is 11.1 Å². The van der Waals surface area contributed by atoms with Crippen LogP contribution in [-0.4, -0.2) is 77.6 Å². The number of rotatable bonds is 5. The van der Waals surface area contributed by atoms with E-state index in [4.69, 9.17) is 5.73 Å². The van der Waals surface area contributed by atoms with Crippen molar-refractivity contribution in [2.45, 2.75) is 23.7 Å². The van der Waals surface area contributed by atoms with Gasteiger partial charge in [0, 0.05) is 35.7 Å². The minimum atomic E-state index is -1.21. The third-order valence-electron chi connectivity index (χ3n) is 5.99. The van der Waals surface area contributed by atoms with Gasteiger partial charge in [0.25, 0.3) is 5.91 Å². The molecule has 33 heavy (non-hydrogen) atoms. The monoisotopic (exact) mass is 470 g/mol. The van der Waals surface area contributed by atoms with Gasteiger partial charge in [-0.05, 0) is 41.1 Å². The maximum absolute atomic E-state index is 13.0. The Morgan fingerprint density at radius 3 is 2.58 bits per heavy atom. The van der Waals surface area contributed by atoms with Crippen LogP contribution in [0.3, 0.4) is 0 Å². The summed E-state index contributed by atoms with van der Waals surface area (Å²) in [6.45, 7) is 0.288. The Kier molecular flexibility index (Phi) is 4.81. The van der Waals surface area contributed by atoms with E-state index in [0.717, 1.165) is 11.8 Å². The van der Waals surface area contributed by atoms with Crippen molar-refractivity contribution in [1.82, 2.24) is 30.0 Å². The minimum Gasteiger partial charge on any atom is -0.477 e. The van der Waals surface area contributed by atoms with Crippen LogP contribution in [0.5, 0.6) is 0 Å². The lowest BCUT2D eigenvalue weighted by molar-refractivity contribution is -0.155. The van der Waals surface area contributed by atoms with Crippen molar-refractivity contribution in [2.24, 2.45) is 18.7 Å². The molecule has 1 aromatic carbocycles. The molecular formula is C19H18N8O5S. The Labute approximate surface area is 190 Å².